The first-order chi connectivity index (χ1) is 13.6. The number of benzene rings is 1. The largest absolute Gasteiger partial charge is 0.479 e. The van der Waals surface area contributed by atoms with Crippen LogP contribution in [0.15, 0.2) is 41.1 Å². The molecule has 0 fully saturated rings. The van der Waals surface area contributed by atoms with E-state index >= 15 is 0 Å². The normalized spacial score (nSPS) is 11.4. The van der Waals surface area contributed by atoms with Gasteiger partial charge in [-0.15, -0.1) is 0 Å². The molecule has 0 amide bonds. The first-order valence-corrected chi connectivity index (χ1v) is 9.31. The molecule has 3 aromatic rings. The third kappa shape index (κ3) is 5.46. The molecule has 0 saturated heterocycles. The van der Waals surface area contributed by atoms with Crippen molar-refractivity contribution < 1.29 is 23.2 Å². The summed E-state index contributed by atoms with van der Waals surface area (Å²) in [6.07, 6.45) is 1.49. The van der Waals surface area contributed by atoms with Gasteiger partial charge in [0, 0.05) is 23.4 Å². The van der Waals surface area contributed by atoms with Crippen LogP contribution in [0.1, 0.15) is 20.8 Å². The maximum absolute atomic E-state index is 14.4. The number of carbonyl (C=O) groups is 1. The Hall–Kier alpha value is -2.64. The number of pyridine rings is 1. The van der Waals surface area contributed by atoms with Crippen LogP contribution in [0.5, 0.6) is 5.75 Å². The summed E-state index contributed by atoms with van der Waals surface area (Å²) in [6, 6.07) is 7.46. The molecule has 0 bridgehead atoms. The summed E-state index contributed by atoms with van der Waals surface area (Å²) >= 11 is 11.8. The van der Waals surface area contributed by atoms with E-state index in [2.05, 4.69) is 10.1 Å². The quantitative estimate of drug-likeness (QED) is 0.382. The van der Waals surface area contributed by atoms with Gasteiger partial charge < -0.3 is 14.0 Å². The number of rotatable bonds is 5. The lowest BCUT2D eigenvalue weighted by atomic mass is 10.1. The lowest BCUT2D eigenvalue weighted by Gasteiger charge is -2.19. The van der Waals surface area contributed by atoms with Gasteiger partial charge in [-0.2, -0.15) is 0 Å². The fourth-order valence-corrected chi connectivity index (χ4v) is 2.66. The van der Waals surface area contributed by atoms with Crippen molar-refractivity contribution in [2.45, 2.75) is 26.4 Å². The van der Waals surface area contributed by atoms with E-state index in [4.69, 9.17) is 37.2 Å². The van der Waals surface area contributed by atoms with Crippen LogP contribution in [0.4, 0.5) is 4.39 Å². The van der Waals surface area contributed by atoms with Crippen molar-refractivity contribution in [3.63, 3.8) is 0 Å². The van der Waals surface area contributed by atoms with Crippen LogP contribution < -0.4 is 4.74 Å². The van der Waals surface area contributed by atoms with Gasteiger partial charge in [0.2, 0.25) is 0 Å². The minimum absolute atomic E-state index is 0.0722. The van der Waals surface area contributed by atoms with Gasteiger partial charge in [-0.3, -0.25) is 0 Å². The van der Waals surface area contributed by atoms with Crippen molar-refractivity contribution in [3.8, 4) is 28.3 Å². The number of esters is 1. The second kappa shape index (κ2) is 8.39. The van der Waals surface area contributed by atoms with Crippen molar-refractivity contribution >= 4 is 29.2 Å². The Morgan fingerprint density at radius 3 is 2.59 bits per heavy atom. The minimum Gasteiger partial charge on any atom is -0.479 e. The number of hydrogen-bond donors (Lipinski definition) is 0. The molecular formula is C20H17Cl2FN2O4. The van der Waals surface area contributed by atoms with Crippen LogP contribution in [0.3, 0.4) is 0 Å². The Balaban J connectivity index is 1.73. The molecule has 0 aliphatic rings. The zero-order chi connectivity index (χ0) is 21.2. The van der Waals surface area contributed by atoms with Crippen LogP contribution in [0.2, 0.25) is 10.2 Å². The maximum Gasteiger partial charge on any atom is 0.344 e. The van der Waals surface area contributed by atoms with Crippen LogP contribution in [0, 0.1) is 5.82 Å². The summed E-state index contributed by atoms with van der Waals surface area (Å²) in [7, 11) is 0. The highest BCUT2D eigenvalue weighted by atomic mass is 35.5. The van der Waals surface area contributed by atoms with Crippen molar-refractivity contribution in [2.24, 2.45) is 0 Å². The summed E-state index contributed by atoms with van der Waals surface area (Å²) < 4.78 is 30.0. The molecule has 0 radical (unpaired) electrons. The number of aromatic nitrogens is 2. The lowest BCUT2D eigenvalue weighted by molar-refractivity contribution is -0.157. The van der Waals surface area contributed by atoms with Crippen LogP contribution >= 0.6 is 23.2 Å². The molecule has 2 aromatic heterocycles. The molecule has 0 N–H and O–H groups in total. The summed E-state index contributed by atoms with van der Waals surface area (Å²) in [5, 5.41) is 4.40. The summed E-state index contributed by atoms with van der Waals surface area (Å²) in [4.78, 5) is 15.7. The van der Waals surface area contributed by atoms with Gasteiger partial charge in [-0.05, 0) is 45.0 Å². The zero-order valence-electron chi connectivity index (χ0n) is 15.8. The molecule has 0 aliphatic carbocycles. The molecule has 9 heteroatoms. The molecule has 0 saturated carbocycles. The van der Waals surface area contributed by atoms with Crippen molar-refractivity contribution in [3.05, 3.63) is 52.5 Å². The van der Waals surface area contributed by atoms with E-state index in [1.54, 1.807) is 39.0 Å². The molecule has 0 atom stereocenters. The highest BCUT2D eigenvalue weighted by molar-refractivity contribution is 6.41. The van der Waals surface area contributed by atoms with Gasteiger partial charge in [-0.25, -0.2) is 14.2 Å². The van der Waals surface area contributed by atoms with Gasteiger partial charge in [0.1, 0.15) is 16.4 Å². The predicted molar refractivity (Wildman–Crippen MR) is 106 cm³/mol. The molecule has 6 nitrogen and oxygen atoms in total. The Morgan fingerprint density at radius 1 is 1.17 bits per heavy atom. The third-order valence-corrected chi connectivity index (χ3v) is 4.27. The maximum atomic E-state index is 14.4. The van der Waals surface area contributed by atoms with Gasteiger partial charge in [0.05, 0.1) is 5.02 Å². The Bertz CT molecular complexity index is 1050. The van der Waals surface area contributed by atoms with E-state index in [-0.39, 0.29) is 15.9 Å². The third-order valence-electron chi connectivity index (χ3n) is 3.58. The highest BCUT2D eigenvalue weighted by Crippen LogP contribution is 2.31. The Labute approximate surface area is 176 Å². The fraction of sp³-hybridized carbons (Fsp3) is 0.250. The SMILES string of the molecule is CC(C)(C)OC(=O)COc1ccc(-c2cc(-c3cnc(Cl)c(Cl)c3)on2)cc1F. The van der Waals surface area contributed by atoms with Gasteiger partial charge in [0.25, 0.3) is 0 Å². The number of ether oxygens (including phenoxy) is 2. The Morgan fingerprint density at radius 2 is 1.93 bits per heavy atom. The summed E-state index contributed by atoms with van der Waals surface area (Å²) in [5.41, 5.74) is 0.812. The number of nitrogens with zero attached hydrogens (tertiary/aromatic N) is 2. The predicted octanol–water partition coefficient (Wildman–Crippen LogP) is 5.57. The minimum atomic E-state index is -0.646. The topological polar surface area (TPSA) is 74.5 Å². The fourth-order valence-electron chi connectivity index (χ4n) is 2.39. The van der Waals surface area contributed by atoms with Gasteiger partial charge >= 0.3 is 5.97 Å². The van der Waals surface area contributed by atoms with Crippen LogP contribution in [-0.2, 0) is 9.53 Å². The molecule has 0 spiro atoms. The first kappa shape index (κ1) is 21.1. The van der Waals surface area contributed by atoms with Crippen LogP contribution in [0.25, 0.3) is 22.6 Å². The van der Waals surface area contributed by atoms with E-state index in [0.29, 0.717) is 22.6 Å². The number of halogens is 3. The smallest absolute Gasteiger partial charge is 0.344 e. The van der Waals surface area contributed by atoms with Crippen molar-refractivity contribution in [1.29, 1.82) is 0 Å². The van der Waals surface area contributed by atoms with Gasteiger partial charge in [0.15, 0.2) is 23.9 Å². The lowest BCUT2D eigenvalue weighted by Crippen LogP contribution is -2.27. The van der Waals surface area contributed by atoms with E-state index in [0.717, 1.165) is 0 Å². The molecule has 29 heavy (non-hydrogen) atoms. The summed E-state index contributed by atoms with van der Waals surface area (Å²) in [6.45, 7) is 4.81. The van der Waals surface area contributed by atoms with Crippen molar-refractivity contribution in [1.82, 2.24) is 10.1 Å². The van der Waals surface area contributed by atoms with Crippen LogP contribution in [-0.4, -0.2) is 28.3 Å². The standard InChI is InChI=1S/C20H17Cl2FN2O4/c1-20(2,3)28-18(26)10-27-16-5-4-11(7-14(16)23)15-8-17(29-25-15)12-6-13(21)19(22)24-9-12/h4-9H,10H2,1-3H3. The molecule has 0 aliphatic heterocycles. The zero-order valence-corrected chi connectivity index (χ0v) is 17.3. The number of carbonyl (C=O) groups excluding carboxylic acids is 1. The average molecular weight is 439 g/mol. The van der Waals surface area contributed by atoms with E-state index in [1.165, 1.54) is 18.3 Å². The molecule has 3 rings (SSSR count). The monoisotopic (exact) mass is 438 g/mol. The number of hydrogen-bond acceptors (Lipinski definition) is 6. The molecule has 1 aromatic carbocycles. The van der Waals surface area contributed by atoms with Gasteiger partial charge in [-0.1, -0.05) is 28.4 Å². The first-order valence-electron chi connectivity index (χ1n) is 8.55. The molecule has 152 valence electrons. The molecule has 0 unspecified atom stereocenters. The molecule has 2 heterocycles. The van der Waals surface area contributed by atoms with E-state index < -0.39 is 24.0 Å². The van der Waals surface area contributed by atoms with E-state index in [9.17, 15) is 9.18 Å². The van der Waals surface area contributed by atoms with E-state index in [1.807, 2.05) is 0 Å². The molecular weight excluding hydrogens is 422 g/mol. The Kier molecular flexibility index (Phi) is 6.10. The highest BCUT2D eigenvalue weighted by Gasteiger charge is 2.18. The second-order valence-electron chi connectivity index (χ2n) is 7.09. The summed E-state index contributed by atoms with van der Waals surface area (Å²) in [5.74, 6) is -0.905. The average Bonchev–Trinajstić information content (AvgIpc) is 3.11. The van der Waals surface area contributed by atoms with Crippen molar-refractivity contribution in [2.75, 3.05) is 6.61 Å². The second-order valence-corrected chi connectivity index (χ2v) is 7.86.